The van der Waals surface area contributed by atoms with Crippen molar-refractivity contribution in [3.8, 4) is 11.4 Å². The lowest BCUT2D eigenvalue weighted by Gasteiger charge is -2.05. The fourth-order valence-electron chi connectivity index (χ4n) is 1.75. The summed E-state index contributed by atoms with van der Waals surface area (Å²) in [5.41, 5.74) is 1.73. The van der Waals surface area contributed by atoms with Gasteiger partial charge in [-0.1, -0.05) is 0 Å². The Morgan fingerprint density at radius 3 is 2.25 bits per heavy atom. The minimum atomic E-state index is -0.0392. The van der Waals surface area contributed by atoms with E-state index in [1.54, 1.807) is 23.3 Å². The number of aryl methyl sites for hydroxylation is 2. The summed E-state index contributed by atoms with van der Waals surface area (Å²) in [6.45, 7) is 1.91. The van der Waals surface area contributed by atoms with Gasteiger partial charge in [0.25, 0.3) is 0 Å². The number of ether oxygens (including phenoxy) is 1. The van der Waals surface area contributed by atoms with Gasteiger partial charge < -0.3 is 9.30 Å². The van der Waals surface area contributed by atoms with Gasteiger partial charge in [0, 0.05) is 18.9 Å². The minimum absolute atomic E-state index is 0.0392. The Morgan fingerprint density at radius 2 is 1.81 bits per heavy atom. The van der Waals surface area contributed by atoms with E-state index in [2.05, 4.69) is 0 Å². The van der Waals surface area contributed by atoms with Crippen LogP contribution in [0.1, 0.15) is 5.69 Å². The standard InChI is InChI=1S/C12H14N2O2/c1-9-8-13(2)12(15)14(9)10-4-6-11(16-3)7-5-10/h4-8H,1-3H3. The van der Waals surface area contributed by atoms with Crippen molar-refractivity contribution in [1.29, 1.82) is 0 Å². The first-order chi connectivity index (χ1) is 7.63. The molecule has 2 rings (SSSR count). The van der Waals surface area contributed by atoms with Gasteiger partial charge in [0.05, 0.1) is 12.8 Å². The SMILES string of the molecule is COc1ccc(-n2c(C)cn(C)c2=O)cc1. The van der Waals surface area contributed by atoms with Crippen LogP contribution in [-0.4, -0.2) is 16.2 Å². The van der Waals surface area contributed by atoms with Crippen LogP contribution in [0.2, 0.25) is 0 Å². The predicted octanol–water partition coefficient (Wildman–Crippen LogP) is 1.49. The number of aromatic nitrogens is 2. The maximum Gasteiger partial charge on any atom is 0.332 e. The quantitative estimate of drug-likeness (QED) is 0.765. The van der Waals surface area contributed by atoms with Crippen molar-refractivity contribution in [1.82, 2.24) is 9.13 Å². The molecular formula is C12H14N2O2. The normalized spacial score (nSPS) is 10.4. The second kappa shape index (κ2) is 3.89. The molecular weight excluding hydrogens is 204 g/mol. The summed E-state index contributed by atoms with van der Waals surface area (Å²) in [4.78, 5) is 11.8. The first-order valence-electron chi connectivity index (χ1n) is 5.03. The average Bonchev–Trinajstić information content (AvgIpc) is 2.54. The van der Waals surface area contributed by atoms with Crippen molar-refractivity contribution in [2.75, 3.05) is 7.11 Å². The Hall–Kier alpha value is -1.97. The largest absolute Gasteiger partial charge is 0.497 e. The molecule has 1 heterocycles. The summed E-state index contributed by atoms with van der Waals surface area (Å²) in [5, 5.41) is 0. The summed E-state index contributed by atoms with van der Waals surface area (Å²) in [5.74, 6) is 0.783. The molecule has 1 aromatic heterocycles. The van der Waals surface area contributed by atoms with Crippen LogP contribution in [0.15, 0.2) is 35.3 Å². The van der Waals surface area contributed by atoms with E-state index in [0.717, 1.165) is 17.1 Å². The molecule has 16 heavy (non-hydrogen) atoms. The van der Waals surface area contributed by atoms with Crippen LogP contribution in [0.25, 0.3) is 5.69 Å². The molecule has 0 bridgehead atoms. The van der Waals surface area contributed by atoms with Crippen LogP contribution >= 0.6 is 0 Å². The molecule has 0 aliphatic carbocycles. The number of hydrogen-bond donors (Lipinski definition) is 0. The first kappa shape index (κ1) is 10.5. The van der Waals surface area contributed by atoms with Crippen molar-refractivity contribution in [3.63, 3.8) is 0 Å². The molecule has 0 saturated heterocycles. The second-order valence-electron chi connectivity index (χ2n) is 3.70. The number of rotatable bonds is 2. The fourth-order valence-corrected chi connectivity index (χ4v) is 1.75. The molecule has 0 fully saturated rings. The van der Waals surface area contributed by atoms with Gasteiger partial charge in [-0.15, -0.1) is 0 Å². The molecule has 0 saturated carbocycles. The Kier molecular flexibility index (Phi) is 2.56. The molecule has 4 heteroatoms. The molecule has 0 amide bonds. The van der Waals surface area contributed by atoms with E-state index in [1.165, 1.54) is 0 Å². The van der Waals surface area contributed by atoms with E-state index in [4.69, 9.17) is 4.74 Å². The van der Waals surface area contributed by atoms with E-state index < -0.39 is 0 Å². The third-order valence-corrected chi connectivity index (χ3v) is 2.56. The smallest absolute Gasteiger partial charge is 0.332 e. The maximum atomic E-state index is 11.8. The van der Waals surface area contributed by atoms with Crippen LogP contribution in [0.4, 0.5) is 0 Å². The van der Waals surface area contributed by atoms with Crippen LogP contribution in [0.3, 0.4) is 0 Å². The third-order valence-electron chi connectivity index (χ3n) is 2.56. The summed E-state index contributed by atoms with van der Waals surface area (Å²) in [6.07, 6.45) is 1.81. The number of hydrogen-bond acceptors (Lipinski definition) is 2. The minimum Gasteiger partial charge on any atom is -0.497 e. The lowest BCUT2D eigenvalue weighted by Crippen LogP contribution is -2.21. The summed E-state index contributed by atoms with van der Waals surface area (Å²) in [7, 11) is 3.37. The highest BCUT2D eigenvalue weighted by Crippen LogP contribution is 2.14. The van der Waals surface area contributed by atoms with Gasteiger partial charge in [-0.2, -0.15) is 0 Å². The van der Waals surface area contributed by atoms with E-state index in [9.17, 15) is 4.79 Å². The molecule has 0 atom stereocenters. The number of nitrogens with zero attached hydrogens (tertiary/aromatic N) is 2. The van der Waals surface area contributed by atoms with Crippen molar-refractivity contribution < 1.29 is 4.74 Å². The first-order valence-corrected chi connectivity index (χ1v) is 5.03. The van der Waals surface area contributed by atoms with E-state index in [0.29, 0.717) is 0 Å². The average molecular weight is 218 g/mol. The van der Waals surface area contributed by atoms with Crippen molar-refractivity contribution in [2.45, 2.75) is 6.92 Å². The number of benzene rings is 1. The number of imidazole rings is 1. The molecule has 0 aliphatic rings. The second-order valence-corrected chi connectivity index (χ2v) is 3.70. The Morgan fingerprint density at radius 1 is 1.19 bits per heavy atom. The third kappa shape index (κ3) is 1.62. The van der Waals surface area contributed by atoms with Crippen LogP contribution in [-0.2, 0) is 7.05 Å². The highest BCUT2D eigenvalue weighted by atomic mass is 16.5. The highest BCUT2D eigenvalue weighted by molar-refractivity contribution is 5.38. The predicted molar refractivity (Wildman–Crippen MR) is 62.3 cm³/mol. The highest BCUT2D eigenvalue weighted by Gasteiger charge is 2.07. The summed E-state index contributed by atoms with van der Waals surface area (Å²) < 4.78 is 8.31. The van der Waals surface area contributed by atoms with Gasteiger partial charge >= 0.3 is 5.69 Å². The topological polar surface area (TPSA) is 36.2 Å². The zero-order valence-electron chi connectivity index (χ0n) is 9.60. The molecule has 1 aromatic carbocycles. The molecule has 0 radical (unpaired) electrons. The Bertz CT molecular complexity index is 549. The van der Waals surface area contributed by atoms with E-state index >= 15 is 0 Å². The molecule has 84 valence electrons. The van der Waals surface area contributed by atoms with Crippen molar-refractivity contribution >= 4 is 0 Å². The molecule has 4 nitrogen and oxygen atoms in total. The van der Waals surface area contributed by atoms with Gasteiger partial charge in [-0.05, 0) is 31.2 Å². The van der Waals surface area contributed by atoms with Crippen molar-refractivity contribution in [2.24, 2.45) is 7.05 Å². The zero-order chi connectivity index (χ0) is 11.7. The van der Waals surface area contributed by atoms with Gasteiger partial charge in [0.2, 0.25) is 0 Å². The Balaban J connectivity index is 2.54. The van der Waals surface area contributed by atoms with Crippen LogP contribution in [0.5, 0.6) is 5.75 Å². The maximum absolute atomic E-state index is 11.8. The zero-order valence-corrected chi connectivity index (χ0v) is 9.60. The van der Waals surface area contributed by atoms with Gasteiger partial charge in [0.1, 0.15) is 5.75 Å². The molecule has 2 aromatic rings. The van der Waals surface area contributed by atoms with E-state index in [-0.39, 0.29) is 5.69 Å². The van der Waals surface area contributed by atoms with Crippen LogP contribution < -0.4 is 10.4 Å². The van der Waals surface area contributed by atoms with Crippen LogP contribution in [0, 0.1) is 6.92 Å². The van der Waals surface area contributed by atoms with E-state index in [1.807, 2.05) is 37.4 Å². The summed E-state index contributed by atoms with van der Waals surface area (Å²) >= 11 is 0. The monoisotopic (exact) mass is 218 g/mol. The Labute approximate surface area is 93.7 Å². The lowest BCUT2D eigenvalue weighted by molar-refractivity contribution is 0.414. The van der Waals surface area contributed by atoms with Gasteiger partial charge in [0.15, 0.2) is 0 Å². The van der Waals surface area contributed by atoms with Crippen molar-refractivity contribution in [3.05, 3.63) is 46.6 Å². The van der Waals surface area contributed by atoms with Gasteiger partial charge in [-0.3, -0.25) is 4.57 Å². The fraction of sp³-hybridized carbons (Fsp3) is 0.250. The lowest BCUT2D eigenvalue weighted by atomic mass is 10.3. The number of methoxy groups -OCH3 is 1. The molecule has 0 spiro atoms. The van der Waals surface area contributed by atoms with Gasteiger partial charge in [-0.25, -0.2) is 4.79 Å². The molecule has 0 N–H and O–H groups in total. The molecule has 0 unspecified atom stereocenters. The molecule has 0 aliphatic heterocycles. The summed E-state index contributed by atoms with van der Waals surface area (Å²) in [6, 6.07) is 7.42.